The highest BCUT2D eigenvalue weighted by Crippen LogP contribution is 2.07. The van der Waals surface area contributed by atoms with Crippen molar-refractivity contribution < 1.29 is 0 Å². The Labute approximate surface area is 126 Å². The van der Waals surface area contributed by atoms with E-state index in [-0.39, 0.29) is 0 Å². The van der Waals surface area contributed by atoms with Gasteiger partial charge in [-0.15, -0.1) is 20.4 Å². The fourth-order valence-electron chi connectivity index (χ4n) is 1.50. The first-order chi connectivity index (χ1) is 9.74. The number of unbranched alkanes of at least 4 members (excludes halogenated alkanes) is 1. The van der Waals surface area contributed by atoms with Crippen LogP contribution >= 0.6 is 23.2 Å². The second kappa shape index (κ2) is 7.81. The number of aromatic nitrogens is 4. The molecule has 8 heteroatoms. The Morgan fingerprint density at radius 2 is 1.15 bits per heavy atom. The molecule has 0 saturated carbocycles. The van der Waals surface area contributed by atoms with Crippen LogP contribution in [-0.4, -0.2) is 33.5 Å². The molecule has 0 spiro atoms. The quantitative estimate of drug-likeness (QED) is 0.766. The number of nitrogens with one attached hydrogen (secondary N) is 2. The second-order valence-corrected chi connectivity index (χ2v) is 4.82. The summed E-state index contributed by atoms with van der Waals surface area (Å²) in [5.41, 5.74) is 0. The molecule has 6 nitrogen and oxygen atoms in total. The van der Waals surface area contributed by atoms with Crippen LogP contribution in [0.5, 0.6) is 0 Å². The zero-order valence-electron chi connectivity index (χ0n) is 10.7. The van der Waals surface area contributed by atoms with Crippen LogP contribution in [0.1, 0.15) is 12.8 Å². The number of nitrogens with zero attached hydrogens (tertiary/aromatic N) is 4. The summed E-state index contributed by atoms with van der Waals surface area (Å²) in [4.78, 5) is 0. The number of rotatable bonds is 7. The summed E-state index contributed by atoms with van der Waals surface area (Å²) in [6.45, 7) is 1.65. The molecular formula is C12H14Cl2N6. The van der Waals surface area contributed by atoms with Crippen LogP contribution in [0.25, 0.3) is 0 Å². The molecule has 0 aliphatic rings. The first-order valence-corrected chi connectivity index (χ1v) is 6.96. The van der Waals surface area contributed by atoms with Crippen molar-refractivity contribution in [1.82, 2.24) is 20.4 Å². The van der Waals surface area contributed by atoms with Gasteiger partial charge in [-0.1, -0.05) is 23.2 Å². The van der Waals surface area contributed by atoms with E-state index in [4.69, 9.17) is 23.2 Å². The lowest BCUT2D eigenvalue weighted by molar-refractivity contribution is 0.787. The highest BCUT2D eigenvalue weighted by molar-refractivity contribution is 6.29. The molecule has 2 heterocycles. The molecule has 0 atom stereocenters. The summed E-state index contributed by atoms with van der Waals surface area (Å²) in [7, 11) is 0. The molecule has 2 N–H and O–H groups in total. The third-order valence-corrected chi connectivity index (χ3v) is 2.88. The highest BCUT2D eigenvalue weighted by Gasteiger charge is 1.96. The standard InChI is InChI=1S/C12H14Cl2N6/c13-9-3-5-11(19-17-9)15-7-1-2-8-16-12-6-4-10(14)18-20-12/h3-6H,1-2,7-8H2,(H,15,19)(H,16,20). The maximum absolute atomic E-state index is 5.65. The van der Waals surface area contributed by atoms with Crippen molar-refractivity contribution in [3.63, 3.8) is 0 Å². The van der Waals surface area contributed by atoms with Crippen molar-refractivity contribution in [3.05, 3.63) is 34.6 Å². The van der Waals surface area contributed by atoms with Gasteiger partial charge in [0.05, 0.1) is 0 Å². The summed E-state index contributed by atoms with van der Waals surface area (Å²) >= 11 is 11.3. The molecular weight excluding hydrogens is 299 g/mol. The molecule has 106 valence electrons. The molecule has 2 aromatic heterocycles. The predicted molar refractivity (Wildman–Crippen MR) is 80.3 cm³/mol. The molecule has 20 heavy (non-hydrogen) atoms. The van der Waals surface area contributed by atoms with Crippen LogP contribution in [0.15, 0.2) is 24.3 Å². The van der Waals surface area contributed by atoms with Gasteiger partial charge in [-0.3, -0.25) is 0 Å². The number of halogens is 2. The van der Waals surface area contributed by atoms with Crippen molar-refractivity contribution in [2.75, 3.05) is 23.7 Å². The van der Waals surface area contributed by atoms with E-state index in [1.165, 1.54) is 0 Å². The van der Waals surface area contributed by atoms with Crippen LogP contribution in [-0.2, 0) is 0 Å². The highest BCUT2D eigenvalue weighted by atomic mass is 35.5. The topological polar surface area (TPSA) is 75.6 Å². The molecule has 0 unspecified atom stereocenters. The molecule has 0 aromatic carbocycles. The van der Waals surface area contributed by atoms with E-state index in [1.54, 1.807) is 24.3 Å². The van der Waals surface area contributed by atoms with E-state index in [0.717, 1.165) is 37.6 Å². The van der Waals surface area contributed by atoms with Gasteiger partial charge in [0, 0.05) is 13.1 Å². The number of hydrogen-bond acceptors (Lipinski definition) is 6. The summed E-state index contributed by atoms with van der Waals surface area (Å²) in [5.74, 6) is 1.46. The van der Waals surface area contributed by atoms with Gasteiger partial charge in [-0.25, -0.2) is 0 Å². The Morgan fingerprint density at radius 3 is 1.50 bits per heavy atom. The van der Waals surface area contributed by atoms with Crippen molar-refractivity contribution in [3.8, 4) is 0 Å². The van der Waals surface area contributed by atoms with E-state index in [2.05, 4.69) is 31.0 Å². The van der Waals surface area contributed by atoms with Gasteiger partial charge in [0.15, 0.2) is 10.3 Å². The minimum absolute atomic E-state index is 0.392. The molecule has 2 rings (SSSR count). The summed E-state index contributed by atoms with van der Waals surface area (Å²) in [5, 5.41) is 22.5. The minimum Gasteiger partial charge on any atom is -0.369 e. The zero-order valence-corrected chi connectivity index (χ0v) is 12.2. The molecule has 0 saturated heterocycles. The van der Waals surface area contributed by atoms with Crippen molar-refractivity contribution >= 4 is 34.8 Å². The van der Waals surface area contributed by atoms with Crippen LogP contribution in [0.3, 0.4) is 0 Å². The van der Waals surface area contributed by atoms with Crippen molar-refractivity contribution in [1.29, 1.82) is 0 Å². The average molecular weight is 313 g/mol. The van der Waals surface area contributed by atoms with Crippen molar-refractivity contribution in [2.24, 2.45) is 0 Å². The Kier molecular flexibility index (Phi) is 5.76. The number of hydrogen-bond donors (Lipinski definition) is 2. The normalized spacial score (nSPS) is 10.3. The Balaban J connectivity index is 1.57. The molecule has 0 amide bonds. The van der Waals surface area contributed by atoms with Gasteiger partial charge in [0.2, 0.25) is 0 Å². The Morgan fingerprint density at radius 1 is 0.700 bits per heavy atom. The van der Waals surface area contributed by atoms with E-state index < -0.39 is 0 Å². The van der Waals surface area contributed by atoms with E-state index in [0.29, 0.717) is 10.3 Å². The lowest BCUT2D eigenvalue weighted by Crippen LogP contribution is -2.08. The monoisotopic (exact) mass is 312 g/mol. The first-order valence-electron chi connectivity index (χ1n) is 6.20. The number of anilines is 2. The van der Waals surface area contributed by atoms with E-state index >= 15 is 0 Å². The largest absolute Gasteiger partial charge is 0.369 e. The van der Waals surface area contributed by atoms with Gasteiger partial charge in [0.25, 0.3) is 0 Å². The maximum Gasteiger partial charge on any atom is 0.151 e. The minimum atomic E-state index is 0.392. The molecule has 0 aliphatic heterocycles. The molecule has 0 fully saturated rings. The SMILES string of the molecule is Clc1ccc(NCCCCNc2ccc(Cl)nn2)nn1. The van der Waals surface area contributed by atoms with Crippen molar-refractivity contribution in [2.45, 2.75) is 12.8 Å². The van der Waals surface area contributed by atoms with Crippen LogP contribution in [0.4, 0.5) is 11.6 Å². The van der Waals surface area contributed by atoms with Gasteiger partial charge in [-0.2, -0.15) is 0 Å². The van der Waals surface area contributed by atoms with Crippen LogP contribution in [0, 0.1) is 0 Å². The van der Waals surface area contributed by atoms with Crippen LogP contribution < -0.4 is 10.6 Å². The van der Waals surface area contributed by atoms with Gasteiger partial charge in [0.1, 0.15) is 11.6 Å². The second-order valence-electron chi connectivity index (χ2n) is 4.04. The lowest BCUT2D eigenvalue weighted by atomic mass is 10.3. The predicted octanol–water partition coefficient (Wildman–Crippen LogP) is 2.88. The van der Waals surface area contributed by atoms with E-state index in [1.807, 2.05) is 0 Å². The average Bonchev–Trinajstić information content (AvgIpc) is 2.46. The first kappa shape index (κ1) is 14.7. The molecule has 2 aromatic rings. The molecule has 0 bridgehead atoms. The van der Waals surface area contributed by atoms with Gasteiger partial charge < -0.3 is 10.6 Å². The van der Waals surface area contributed by atoms with Gasteiger partial charge >= 0.3 is 0 Å². The smallest absolute Gasteiger partial charge is 0.151 e. The third kappa shape index (κ3) is 5.14. The zero-order chi connectivity index (χ0) is 14.2. The van der Waals surface area contributed by atoms with E-state index in [9.17, 15) is 0 Å². The maximum atomic E-state index is 5.65. The Hall–Kier alpha value is -1.66. The summed E-state index contributed by atoms with van der Waals surface area (Å²) in [6, 6.07) is 7.02. The Bertz CT molecular complexity index is 467. The van der Waals surface area contributed by atoms with Gasteiger partial charge in [-0.05, 0) is 37.1 Å². The summed E-state index contributed by atoms with van der Waals surface area (Å²) < 4.78 is 0. The fraction of sp³-hybridized carbons (Fsp3) is 0.333. The fourth-order valence-corrected chi connectivity index (χ4v) is 1.71. The summed E-state index contributed by atoms with van der Waals surface area (Å²) in [6.07, 6.45) is 2.00. The molecule has 0 radical (unpaired) electrons. The lowest BCUT2D eigenvalue weighted by Gasteiger charge is -2.06. The third-order valence-electron chi connectivity index (χ3n) is 2.48. The molecule has 0 aliphatic carbocycles. The van der Waals surface area contributed by atoms with Crippen LogP contribution in [0.2, 0.25) is 10.3 Å².